The van der Waals surface area contributed by atoms with E-state index in [-0.39, 0.29) is 16.4 Å². The number of nitrogens with zero attached hydrogens (tertiary/aromatic N) is 1. The predicted molar refractivity (Wildman–Crippen MR) is 92.3 cm³/mol. The molecule has 0 fully saturated rings. The number of fused-ring (bicyclic) bond motifs is 1. The molecule has 2 heterocycles. The molecule has 2 aliphatic rings. The molecule has 1 unspecified atom stereocenters. The lowest BCUT2D eigenvalue weighted by molar-refractivity contribution is -0.894. The average Bonchev–Trinajstić information content (AvgIpc) is 2.78. The third-order valence-electron chi connectivity index (χ3n) is 5.30. The van der Waals surface area contributed by atoms with Gasteiger partial charge in [-0.25, -0.2) is 0 Å². The van der Waals surface area contributed by atoms with E-state index >= 15 is 0 Å². The van der Waals surface area contributed by atoms with Gasteiger partial charge in [0, 0.05) is 18.4 Å². The van der Waals surface area contributed by atoms with E-state index in [2.05, 4.69) is 0 Å². The van der Waals surface area contributed by atoms with E-state index in [1.807, 2.05) is 18.2 Å². The van der Waals surface area contributed by atoms with Gasteiger partial charge >= 0.3 is 0 Å². The molecule has 0 spiro atoms. The topological polar surface area (TPSA) is 71.0 Å². The third-order valence-corrected chi connectivity index (χ3v) is 5.30. The number of rotatable bonds is 2. The Morgan fingerprint density at radius 2 is 1.76 bits per heavy atom. The second-order valence-corrected chi connectivity index (χ2v) is 6.74. The normalized spacial score (nSPS) is 23.8. The summed E-state index contributed by atoms with van der Waals surface area (Å²) in [7, 11) is 4.76. The fourth-order valence-electron chi connectivity index (χ4n) is 3.88. The predicted octanol–water partition coefficient (Wildman–Crippen LogP) is 3.30. The molecule has 2 atom stereocenters. The van der Waals surface area contributed by atoms with Gasteiger partial charge in [0.2, 0.25) is 5.75 Å². The first-order valence-corrected chi connectivity index (χ1v) is 8.29. The van der Waals surface area contributed by atoms with Gasteiger partial charge in [-0.05, 0) is 17.7 Å². The molecular weight excluding hydrogens is 322 g/mol. The molecule has 1 N–H and O–H groups in total. The quantitative estimate of drug-likeness (QED) is 0.669. The fraction of sp³-hybridized carbons (Fsp3) is 0.368. The van der Waals surface area contributed by atoms with Crippen molar-refractivity contribution in [1.29, 1.82) is 0 Å². The van der Waals surface area contributed by atoms with Gasteiger partial charge in [-0.15, -0.1) is 0 Å². The van der Waals surface area contributed by atoms with Crippen molar-refractivity contribution in [3.63, 3.8) is 0 Å². The van der Waals surface area contributed by atoms with E-state index in [0.717, 1.165) is 16.7 Å². The van der Waals surface area contributed by atoms with E-state index in [0.29, 0.717) is 42.4 Å². The van der Waals surface area contributed by atoms with Crippen LogP contribution in [0.4, 0.5) is 0 Å². The summed E-state index contributed by atoms with van der Waals surface area (Å²) < 4.78 is 16.4. The van der Waals surface area contributed by atoms with Gasteiger partial charge in [0.1, 0.15) is 6.04 Å². The smallest absolute Gasteiger partial charge is 0.201 e. The molecule has 6 nitrogen and oxygen atoms in total. The molecule has 0 saturated carbocycles. The highest BCUT2D eigenvalue weighted by Gasteiger charge is 2.40. The number of hydroxylamine groups is 3. The molecule has 0 aromatic heterocycles. The zero-order chi connectivity index (χ0) is 17.8. The van der Waals surface area contributed by atoms with Crippen molar-refractivity contribution in [1.82, 2.24) is 0 Å². The molecular formula is C19H21NO5. The van der Waals surface area contributed by atoms with Crippen LogP contribution in [0.1, 0.15) is 22.7 Å². The number of phenolic OH excluding ortho intramolecular Hbond substituents is 1. The summed E-state index contributed by atoms with van der Waals surface area (Å²) in [6, 6.07) is 7.10. The first-order chi connectivity index (χ1) is 12.0. The summed E-state index contributed by atoms with van der Waals surface area (Å²) >= 11 is 0. The van der Waals surface area contributed by atoms with Gasteiger partial charge in [0.15, 0.2) is 23.0 Å². The summed E-state index contributed by atoms with van der Waals surface area (Å²) in [6.07, 6.45) is 1.18. The zero-order valence-electron chi connectivity index (χ0n) is 14.5. The molecule has 6 heteroatoms. The lowest BCUT2D eigenvalue weighted by Crippen LogP contribution is -2.47. The van der Waals surface area contributed by atoms with Crippen LogP contribution in [-0.4, -0.2) is 37.6 Å². The highest BCUT2D eigenvalue weighted by atomic mass is 16.5. The highest BCUT2D eigenvalue weighted by Crippen LogP contribution is 2.53. The van der Waals surface area contributed by atoms with Gasteiger partial charge < -0.3 is 29.2 Å². The second kappa shape index (κ2) is 5.54. The lowest BCUT2D eigenvalue weighted by Gasteiger charge is -2.49. The molecule has 0 radical (unpaired) electrons. The van der Waals surface area contributed by atoms with Crippen molar-refractivity contribution in [2.45, 2.75) is 18.9 Å². The van der Waals surface area contributed by atoms with Gasteiger partial charge in [-0.1, -0.05) is 12.1 Å². The van der Waals surface area contributed by atoms with Crippen molar-refractivity contribution in [3.8, 4) is 28.7 Å². The number of phenols is 1. The zero-order valence-corrected chi connectivity index (χ0v) is 14.5. The summed E-state index contributed by atoms with van der Waals surface area (Å²) in [4.78, 5) is 0. The Balaban J connectivity index is 1.99. The summed E-state index contributed by atoms with van der Waals surface area (Å²) in [6.45, 7) is 0.515. The van der Waals surface area contributed by atoms with Crippen LogP contribution in [0, 0.1) is 5.21 Å². The second-order valence-electron chi connectivity index (χ2n) is 6.74. The molecule has 0 aliphatic carbocycles. The lowest BCUT2D eigenvalue weighted by atomic mass is 9.88. The van der Waals surface area contributed by atoms with Gasteiger partial charge in [-0.2, -0.15) is 0 Å². The van der Waals surface area contributed by atoms with E-state index in [1.54, 1.807) is 20.2 Å². The van der Waals surface area contributed by atoms with Crippen molar-refractivity contribution < 1.29 is 24.0 Å². The maximum absolute atomic E-state index is 13.2. The number of quaternary nitrogens is 1. The van der Waals surface area contributed by atoms with Gasteiger partial charge in [0.05, 0.1) is 33.4 Å². The van der Waals surface area contributed by atoms with Crippen molar-refractivity contribution in [2.75, 3.05) is 27.8 Å². The molecule has 2 aliphatic heterocycles. The minimum absolute atomic E-state index is 0.0570. The summed E-state index contributed by atoms with van der Waals surface area (Å²) in [5.41, 5.74) is 2.78. The Kier molecular flexibility index (Phi) is 3.56. The highest BCUT2D eigenvalue weighted by molar-refractivity contribution is 5.62. The number of ether oxygens (including phenoxy) is 3. The van der Waals surface area contributed by atoms with Crippen LogP contribution in [0.15, 0.2) is 24.3 Å². The number of aromatic hydroxyl groups is 1. The standard InChI is InChI=1S/C19H21NO5/c1-20(22)9-8-11-4-7-15(24-3)19-16(11)13(20)10-12-5-6-14(23-2)17(21)18(12)25-19/h4-7,13,21H,8-10H2,1-3H3/t13-,20?/m0/s1. The summed E-state index contributed by atoms with van der Waals surface area (Å²) in [5.74, 6) is 1.69. The Morgan fingerprint density at radius 3 is 2.48 bits per heavy atom. The number of benzene rings is 2. The Morgan fingerprint density at radius 1 is 1.08 bits per heavy atom. The van der Waals surface area contributed by atoms with Crippen LogP contribution in [-0.2, 0) is 12.8 Å². The molecule has 132 valence electrons. The fourth-order valence-corrected chi connectivity index (χ4v) is 3.88. The van der Waals surface area contributed by atoms with Gasteiger partial charge in [-0.3, -0.25) is 0 Å². The Labute approximate surface area is 146 Å². The molecule has 0 saturated heterocycles. The summed E-state index contributed by atoms with van der Waals surface area (Å²) in [5, 5.41) is 23.7. The first kappa shape index (κ1) is 16.1. The number of hydrogen-bond donors (Lipinski definition) is 1. The van der Waals surface area contributed by atoms with Crippen LogP contribution in [0.3, 0.4) is 0 Å². The van der Waals surface area contributed by atoms with Crippen LogP contribution in [0.5, 0.6) is 28.7 Å². The first-order valence-electron chi connectivity index (χ1n) is 8.29. The molecule has 4 rings (SSSR count). The monoisotopic (exact) mass is 343 g/mol. The average molecular weight is 343 g/mol. The number of methoxy groups -OCH3 is 2. The third kappa shape index (κ3) is 2.33. The minimum atomic E-state index is -0.372. The Hall–Kier alpha value is -2.44. The number of hydrogen-bond acceptors (Lipinski definition) is 5. The van der Waals surface area contributed by atoms with Crippen LogP contribution >= 0.6 is 0 Å². The van der Waals surface area contributed by atoms with E-state index in [4.69, 9.17) is 14.2 Å². The largest absolute Gasteiger partial charge is 0.633 e. The van der Waals surface area contributed by atoms with Crippen molar-refractivity contribution >= 4 is 0 Å². The molecule has 0 bridgehead atoms. The Bertz CT molecular complexity index is 846. The van der Waals surface area contributed by atoms with Crippen LogP contribution in [0.25, 0.3) is 0 Å². The van der Waals surface area contributed by atoms with Gasteiger partial charge in [0.25, 0.3) is 0 Å². The molecule has 2 aromatic carbocycles. The maximum atomic E-state index is 13.2. The minimum Gasteiger partial charge on any atom is -0.633 e. The molecule has 25 heavy (non-hydrogen) atoms. The molecule has 0 amide bonds. The van der Waals surface area contributed by atoms with Crippen LogP contribution in [0.2, 0.25) is 0 Å². The van der Waals surface area contributed by atoms with E-state index < -0.39 is 0 Å². The van der Waals surface area contributed by atoms with Crippen molar-refractivity contribution in [2.24, 2.45) is 0 Å². The maximum Gasteiger partial charge on any atom is 0.201 e. The SMILES string of the molecule is COc1ccc2c(c1O)Oc1c(OC)ccc3c1[C@H](C2)[N+](C)([O-])CC3. The van der Waals surface area contributed by atoms with Crippen LogP contribution < -0.4 is 14.2 Å². The van der Waals surface area contributed by atoms with E-state index in [9.17, 15) is 10.3 Å². The van der Waals surface area contributed by atoms with E-state index in [1.165, 1.54) is 7.11 Å². The van der Waals surface area contributed by atoms with Crippen molar-refractivity contribution in [3.05, 3.63) is 46.2 Å². The molecule has 2 aromatic rings. The number of likely N-dealkylation sites (N-methyl/N-ethyl adjacent to an activating group) is 1.